The van der Waals surface area contributed by atoms with Gasteiger partial charge in [-0.2, -0.15) is 0 Å². The van der Waals surface area contributed by atoms with Crippen molar-refractivity contribution in [2.75, 3.05) is 5.32 Å². The van der Waals surface area contributed by atoms with Gasteiger partial charge in [-0.05, 0) is 17.9 Å². The molecular formula is C7H8Cl2N2S. The number of halogens is 2. The summed E-state index contributed by atoms with van der Waals surface area (Å²) in [5.74, 6) is 0. The Morgan fingerprint density at radius 2 is 2.25 bits per heavy atom. The molecule has 0 saturated heterocycles. The molecule has 1 aromatic rings. The Labute approximate surface area is 84.9 Å². The van der Waals surface area contributed by atoms with Gasteiger partial charge in [0.2, 0.25) is 0 Å². The summed E-state index contributed by atoms with van der Waals surface area (Å²) in [7, 11) is 0. The van der Waals surface area contributed by atoms with Gasteiger partial charge >= 0.3 is 0 Å². The van der Waals surface area contributed by atoms with Crippen LogP contribution in [0.1, 0.15) is 15.9 Å². The van der Waals surface area contributed by atoms with Crippen LogP contribution in [0.2, 0.25) is 0 Å². The third-order valence-corrected chi connectivity index (χ3v) is 3.67. The van der Waals surface area contributed by atoms with Gasteiger partial charge < -0.3 is 5.32 Å². The average molecular weight is 223 g/mol. The molecule has 2 rings (SSSR count). The van der Waals surface area contributed by atoms with E-state index in [1.54, 1.807) is 11.3 Å². The summed E-state index contributed by atoms with van der Waals surface area (Å²) in [4.78, 5) is 1.12. The van der Waals surface area contributed by atoms with E-state index in [4.69, 9.17) is 23.2 Å². The van der Waals surface area contributed by atoms with Gasteiger partial charge in [-0.25, -0.2) is 0 Å². The van der Waals surface area contributed by atoms with Crippen LogP contribution in [0.5, 0.6) is 0 Å². The van der Waals surface area contributed by atoms with E-state index in [2.05, 4.69) is 16.0 Å². The number of anilines is 1. The summed E-state index contributed by atoms with van der Waals surface area (Å²) in [5.41, 5.74) is 1.85. The van der Waals surface area contributed by atoms with Crippen molar-refractivity contribution in [2.24, 2.45) is 0 Å². The zero-order chi connectivity index (χ0) is 8.72. The fourth-order valence-electron chi connectivity index (χ4n) is 1.21. The van der Waals surface area contributed by atoms with Crippen molar-refractivity contribution >= 4 is 40.2 Å². The van der Waals surface area contributed by atoms with Crippen LogP contribution in [0.15, 0.2) is 5.38 Å². The van der Waals surface area contributed by atoms with Gasteiger partial charge in [0.1, 0.15) is 5.50 Å². The molecule has 1 aliphatic rings. The molecule has 1 aromatic heterocycles. The average Bonchev–Trinajstić information content (AvgIpc) is 2.33. The van der Waals surface area contributed by atoms with Crippen LogP contribution in [0.25, 0.3) is 0 Å². The molecule has 2 nitrogen and oxygen atoms in total. The number of hydrogen-bond acceptors (Lipinski definition) is 3. The Morgan fingerprint density at radius 1 is 1.50 bits per heavy atom. The van der Waals surface area contributed by atoms with Crippen LogP contribution in [-0.4, -0.2) is 5.62 Å². The molecule has 12 heavy (non-hydrogen) atoms. The number of nitrogens with one attached hydrogen (secondary N) is 2. The maximum atomic E-state index is 6.03. The molecule has 2 N–H and O–H groups in total. The minimum absolute atomic E-state index is 0.164. The van der Waals surface area contributed by atoms with Gasteiger partial charge in [0.25, 0.3) is 0 Å². The summed E-state index contributed by atoms with van der Waals surface area (Å²) in [6.07, 6.45) is 0. The highest BCUT2D eigenvalue weighted by molar-refractivity contribution is 7.11. The van der Waals surface area contributed by atoms with E-state index in [9.17, 15) is 0 Å². The topological polar surface area (TPSA) is 24.1 Å². The van der Waals surface area contributed by atoms with E-state index in [1.807, 2.05) is 6.92 Å². The lowest BCUT2D eigenvalue weighted by Crippen LogP contribution is -2.36. The van der Waals surface area contributed by atoms with Gasteiger partial charge in [0, 0.05) is 0 Å². The zero-order valence-electron chi connectivity index (χ0n) is 6.40. The zero-order valence-corrected chi connectivity index (χ0v) is 8.72. The predicted octanol–water partition coefficient (Wildman–Crippen LogP) is 2.83. The number of hydrogen-bond donors (Lipinski definition) is 2. The molecule has 2 atom stereocenters. The maximum Gasteiger partial charge on any atom is 0.156 e. The second-order valence-electron chi connectivity index (χ2n) is 2.69. The molecular weight excluding hydrogens is 215 g/mol. The van der Waals surface area contributed by atoms with Gasteiger partial charge in [-0.15, -0.1) is 11.3 Å². The monoisotopic (exact) mass is 222 g/mol. The van der Waals surface area contributed by atoms with E-state index < -0.39 is 0 Å². The highest BCUT2D eigenvalue weighted by atomic mass is 35.5. The van der Waals surface area contributed by atoms with Crippen LogP contribution in [0, 0.1) is 6.92 Å². The first kappa shape index (κ1) is 8.63. The van der Waals surface area contributed by atoms with Crippen LogP contribution in [-0.2, 0) is 0 Å². The molecule has 0 aromatic carbocycles. The summed E-state index contributed by atoms with van der Waals surface area (Å²) in [5, 5.41) is 8.17. The molecule has 0 saturated carbocycles. The first-order valence-corrected chi connectivity index (χ1v) is 5.32. The quantitative estimate of drug-likeness (QED) is 0.522. The number of alkyl halides is 2. The van der Waals surface area contributed by atoms with E-state index in [0.717, 1.165) is 10.6 Å². The largest absolute Gasteiger partial charge is 0.356 e. The smallest absolute Gasteiger partial charge is 0.156 e. The molecule has 0 spiro atoms. The van der Waals surface area contributed by atoms with Gasteiger partial charge in [0.05, 0.1) is 10.6 Å². The minimum Gasteiger partial charge on any atom is -0.356 e. The Balaban J connectivity index is 2.43. The summed E-state index contributed by atoms with van der Waals surface area (Å²) >= 11 is 13.5. The lowest BCUT2D eigenvalue weighted by atomic mass is 10.2. The molecule has 0 fully saturated rings. The molecule has 0 amide bonds. The maximum absolute atomic E-state index is 6.03. The summed E-state index contributed by atoms with van der Waals surface area (Å²) < 4.78 is 0. The Morgan fingerprint density at radius 3 is 3.00 bits per heavy atom. The van der Waals surface area contributed by atoms with Gasteiger partial charge in [-0.1, -0.05) is 23.2 Å². The lowest BCUT2D eigenvalue weighted by Gasteiger charge is -2.25. The standard InChI is InChI=1S/C7H8Cl2N2S/c1-3-2-12-5-4(3)10-7(9)11-6(5)8/h2,6-7,10-11H,1H3. The molecule has 2 unspecified atom stereocenters. The summed E-state index contributed by atoms with van der Waals surface area (Å²) in [6, 6.07) is 0. The lowest BCUT2D eigenvalue weighted by molar-refractivity contribution is 0.651. The normalized spacial score (nSPS) is 27.9. The first-order chi connectivity index (χ1) is 5.68. The van der Waals surface area contributed by atoms with Crippen LogP contribution >= 0.6 is 34.5 Å². The SMILES string of the molecule is Cc1csc2c1NC(Cl)NC2Cl. The van der Waals surface area contributed by atoms with Crippen LogP contribution in [0.3, 0.4) is 0 Å². The molecule has 0 aliphatic carbocycles. The van der Waals surface area contributed by atoms with E-state index >= 15 is 0 Å². The first-order valence-electron chi connectivity index (χ1n) is 3.57. The van der Waals surface area contributed by atoms with Crippen molar-refractivity contribution in [2.45, 2.75) is 18.0 Å². The molecule has 2 heterocycles. The van der Waals surface area contributed by atoms with Crippen molar-refractivity contribution in [1.82, 2.24) is 5.32 Å². The molecule has 1 aliphatic heterocycles. The van der Waals surface area contributed by atoms with Crippen molar-refractivity contribution in [1.29, 1.82) is 0 Å². The van der Waals surface area contributed by atoms with Crippen LogP contribution in [0.4, 0.5) is 5.69 Å². The number of thiophene rings is 1. The third-order valence-electron chi connectivity index (χ3n) is 1.80. The molecule has 66 valence electrons. The highest BCUT2D eigenvalue weighted by Gasteiger charge is 2.25. The minimum atomic E-state index is -0.270. The fraction of sp³-hybridized carbons (Fsp3) is 0.429. The van der Waals surface area contributed by atoms with Crippen LogP contribution < -0.4 is 10.6 Å². The Kier molecular flexibility index (Phi) is 2.21. The van der Waals surface area contributed by atoms with Gasteiger partial charge in [0.15, 0.2) is 5.62 Å². The second kappa shape index (κ2) is 3.07. The van der Waals surface area contributed by atoms with Crippen molar-refractivity contribution in [3.05, 3.63) is 15.8 Å². The fourth-order valence-corrected chi connectivity index (χ4v) is 2.84. The van der Waals surface area contributed by atoms with E-state index in [0.29, 0.717) is 0 Å². The van der Waals surface area contributed by atoms with Gasteiger partial charge in [-0.3, -0.25) is 5.32 Å². The van der Waals surface area contributed by atoms with E-state index in [-0.39, 0.29) is 11.1 Å². The molecule has 5 heteroatoms. The Bertz CT molecular complexity index is 300. The van der Waals surface area contributed by atoms with Crippen molar-refractivity contribution in [3.8, 4) is 0 Å². The number of fused-ring (bicyclic) bond motifs is 1. The summed E-state index contributed by atoms with van der Waals surface area (Å²) in [6.45, 7) is 2.04. The van der Waals surface area contributed by atoms with Crippen molar-refractivity contribution in [3.63, 3.8) is 0 Å². The Hall–Kier alpha value is 0.0400. The van der Waals surface area contributed by atoms with E-state index in [1.165, 1.54) is 5.56 Å². The number of rotatable bonds is 0. The van der Waals surface area contributed by atoms with Crippen molar-refractivity contribution < 1.29 is 0 Å². The second-order valence-corrected chi connectivity index (χ2v) is 4.48. The number of aryl methyl sites for hydroxylation is 1. The third kappa shape index (κ3) is 1.31. The highest BCUT2D eigenvalue weighted by Crippen LogP contribution is 2.38. The molecule has 0 bridgehead atoms. The predicted molar refractivity (Wildman–Crippen MR) is 54.0 cm³/mol. The molecule has 0 radical (unpaired) electrons.